The van der Waals surface area contributed by atoms with Gasteiger partial charge < -0.3 is 19.8 Å². The molecule has 0 bridgehead atoms. The van der Waals surface area contributed by atoms with Crippen molar-refractivity contribution in [2.24, 2.45) is 0 Å². The van der Waals surface area contributed by atoms with E-state index in [9.17, 15) is 23.1 Å². The largest absolute Gasteiger partial charge is 0.480 e. The standard InChI is InChI=1S/C20H23N3O6S2/c1-10-13(14(22-29-10)11-6-8-12(9-7-11)31(5,27)28)21-20(4)17(26)23-15(16(24)25)19(2,3)30-18(20)23/h6-9,15,18,21H,1-5H3,(H,24,25)/t15-,18+,20-/m0/s1. The summed E-state index contributed by atoms with van der Waals surface area (Å²) in [4.78, 5) is 26.5. The summed E-state index contributed by atoms with van der Waals surface area (Å²) >= 11 is 1.44. The van der Waals surface area contributed by atoms with Crippen LogP contribution in [0.15, 0.2) is 33.7 Å². The van der Waals surface area contributed by atoms with Crippen LogP contribution < -0.4 is 5.32 Å². The van der Waals surface area contributed by atoms with Gasteiger partial charge in [-0.25, -0.2) is 13.2 Å². The summed E-state index contributed by atoms with van der Waals surface area (Å²) in [5.74, 6) is -0.864. The van der Waals surface area contributed by atoms with Gasteiger partial charge in [-0.05, 0) is 39.8 Å². The summed E-state index contributed by atoms with van der Waals surface area (Å²) in [6, 6.07) is 5.33. The fraction of sp³-hybridized carbons (Fsp3) is 0.450. The number of benzene rings is 1. The van der Waals surface area contributed by atoms with E-state index in [1.54, 1.807) is 26.0 Å². The number of hydrogen-bond donors (Lipinski definition) is 2. The molecule has 2 N–H and O–H groups in total. The molecule has 0 unspecified atom stereocenters. The number of nitrogens with zero attached hydrogens (tertiary/aromatic N) is 2. The van der Waals surface area contributed by atoms with Gasteiger partial charge in [0.1, 0.15) is 28.3 Å². The highest BCUT2D eigenvalue weighted by molar-refractivity contribution is 8.01. The predicted octanol–water partition coefficient (Wildman–Crippen LogP) is 2.37. The van der Waals surface area contributed by atoms with Crippen LogP contribution in [-0.4, -0.2) is 63.4 Å². The summed E-state index contributed by atoms with van der Waals surface area (Å²) in [5.41, 5.74) is 0.549. The fourth-order valence-corrected chi connectivity index (χ4v) is 6.45. The van der Waals surface area contributed by atoms with Gasteiger partial charge in [0.05, 0.1) is 4.90 Å². The second kappa shape index (κ2) is 6.73. The highest BCUT2D eigenvalue weighted by Gasteiger charge is 2.69. The molecule has 0 spiro atoms. The number of nitrogens with one attached hydrogen (secondary N) is 1. The monoisotopic (exact) mass is 465 g/mol. The number of sulfone groups is 1. The van der Waals surface area contributed by atoms with Crippen LogP contribution >= 0.6 is 11.8 Å². The van der Waals surface area contributed by atoms with E-state index in [2.05, 4.69) is 10.5 Å². The van der Waals surface area contributed by atoms with Gasteiger partial charge in [-0.15, -0.1) is 11.8 Å². The molecule has 4 rings (SSSR count). The SMILES string of the molecule is Cc1onc(-c2ccc(S(C)(=O)=O)cc2)c1N[C@@]1(C)C(=O)N2[C@@H](C(=O)O)C(C)(C)S[C@@H]21. The van der Waals surface area contributed by atoms with Crippen molar-refractivity contribution >= 4 is 39.2 Å². The number of carboxylic acid groups (broad SMARTS) is 1. The highest BCUT2D eigenvalue weighted by atomic mass is 32.2. The first-order chi connectivity index (χ1) is 14.3. The molecular weight excluding hydrogens is 442 g/mol. The minimum absolute atomic E-state index is 0.187. The molecule has 11 heteroatoms. The van der Waals surface area contributed by atoms with Crippen LogP contribution in [-0.2, 0) is 19.4 Å². The Bertz CT molecular complexity index is 1190. The number of rotatable bonds is 5. The molecule has 2 aliphatic rings. The smallest absolute Gasteiger partial charge is 0.327 e. The average molecular weight is 466 g/mol. The minimum Gasteiger partial charge on any atom is -0.480 e. The van der Waals surface area contributed by atoms with Crippen LogP contribution in [0, 0.1) is 6.92 Å². The zero-order chi connectivity index (χ0) is 22.9. The summed E-state index contributed by atoms with van der Waals surface area (Å²) in [6.45, 7) is 7.09. The van der Waals surface area contributed by atoms with Gasteiger partial charge in [0.15, 0.2) is 15.6 Å². The zero-order valence-corrected chi connectivity index (χ0v) is 19.3. The molecule has 0 radical (unpaired) electrons. The van der Waals surface area contributed by atoms with Crippen LogP contribution in [0.4, 0.5) is 5.69 Å². The Balaban J connectivity index is 1.67. The van der Waals surface area contributed by atoms with E-state index in [0.29, 0.717) is 22.7 Å². The van der Waals surface area contributed by atoms with Gasteiger partial charge in [0.25, 0.3) is 5.91 Å². The number of thioether (sulfide) groups is 1. The van der Waals surface area contributed by atoms with E-state index in [-0.39, 0.29) is 16.2 Å². The van der Waals surface area contributed by atoms with Gasteiger partial charge in [-0.2, -0.15) is 0 Å². The Hall–Kier alpha value is -2.53. The molecule has 0 aliphatic carbocycles. The lowest BCUT2D eigenvalue weighted by Crippen LogP contribution is -2.75. The molecule has 1 aromatic heterocycles. The number of carboxylic acids is 1. The molecule has 3 heterocycles. The van der Waals surface area contributed by atoms with E-state index < -0.39 is 32.1 Å². The van der Waals surface area contributed by atoms with Gasteiger partial charge in [-0.3, -0.25) is 4.79 Å². The molecular formula is C20H23N3O6S2. The Morgan fingerprint density at radius 1 is 1.26 bits per heavy atom. The van der Waals surface area contributed by atoms with Gasteiger partial charge in [-0.1, -0.05) is 17.3 Å². The quantitative estimate of drug-likeness (QED) is 0.639. The van der Waals surface area contributed by atoms with Crippen molar-refractivity contribution in [2.45, 2.75) is 54.3 Å². The van der Waals surface area contributed by atoms with Crippen LogP contribution in [0.25, 0.3) is 11.3 Å². The second-order valence-electron chi connectivity index (χ2n) is 8.61. The number of aromatic nitrogens is 1. The third-order valence-corrected chi connectivity index (χ3v) is 8.70. The van der Waals surface area contributed by atoms with Gasteiger partial charge in [0, 0.05) is 16.6 Å². The second-order valence-corrected chi connectivity index (χ2v) is 12.4. The molecule has 166 valence electrons. The number of carbonyl (C=O) groups excluding carboxylic acids is 1. The van der Waals surface area contributed by atoms with Crippen LogP contribution in [0.5, 0.6) is 0 Å². The summed E-state index contributed by atoms with van der Waals surface area (Å²) in [7, 11) is -3.33. The molecule has 2 saturated heterocycles. The van der Waals surface area contributed by atoms with Crippen LogP contribution in [0.3, 0.4) is 0 Å². The van der Waals surface area contributed by atoms with E-state index in [1.807, 2.05) is 13.8 Å². The number of carbonyl (C=O) groups is 2. The van der Waals surface area contributed by atoms with E-state index in [0.717, 1.165) is 6.26 Å². The number of hydrogen-bond acceptors (Lipinski definition) is 8. The summed E-state index contributed by atoms with van der Waals surface area (Å²) in [5, 5.41) is 16.6. The number of anilines is 1. The lowest BCUT2D eigenvalue weighted by molar-refractivity contribution is -0.163. The number of β-lactam (4-membered cyclic amide) rings is 1. The molecule has 0 saturated carbocycles. The predicted molar refractivity (Wildman–Crippen MR) is 116 cm³/mol. The van der Waals surface area contributed by atoms with Crippen molar-refractivity contribution in [1.29, 1.82) is 0 Å². The third-order valence-electron chi connectivity index (χ3n) is 5.81. The first kappa shape index (κ1) is 21.7. The van der Waals surface area contributed by atoms with Crippen molar-refractivity contribution in [3.8, 4) is 11.3 Å². The first-order valence-electron chi connectivity index (χ1n) is 9.56. The third kappa shape index (κ3) is 3.21. The molecule has 2 aromatic rings. The van der Waals surface area contributed by atoms with E-state index in [1.165, 1.54) is 28.8 Å². The number of aryl methyl sites for hydroxylation is 1. The lowest BCUT2D eigenvalue weighted by atomic mass is 9.85. The maximum atomic E-state index is 13.1. The molecule has 2 fully saturated rings. The highest BCUT2D eigenvalue weighted by Crippen LogP contribution is 2.56. The number of amides is 1. The summed E-state index contributed by atoms with van der Waals surface area (Å²) in [6.07, 6.45) is 1.13. The Morgan fingerprint density at radius 3 is 2.42 bits per heavy atom. The van der Waals surface area contributed by atoms with Gasteiger partial charge in [0.2, 0.25) is 0 Å². The average Bonchev–Trinajstić information content (AvgIpc) is 3.16. The van der Waals surface area contributed by atoms with Crippen molar-refractivity contribution < 1.29 is 27.6 Å². The lowest BCUT2D eigenvalue weighted by Gasteiger charge is -2.51. The van der Waals surface area contributed by atoms with Crippen molar-refractivity contribution in [3.63, 3.8) is 0 Å². The maximum absolute atomic E-state index is 13.1. The van der Waals surface area contributed by atoms with Crippen molar-refractivity contribution in [2.75, 3.05) is 11.6 Å². The van der Waals surface area contributed by atoms with Crippen LogP contribution in [0.2, 0.25) is 0 Å². The Morgan fingerprint density at radius 2 is 1.87 bits per heavy atom. The molecule has 9 nitrogen and oxygen atoms in total. The normalized spacial score (nSPS) is 27.0. The Labute approximate surface area is 184 Å². The molecule has 3 atom stereocenters. The number of fused-ring (bicyclic) bond motifs is 1. The van der Waals surface area contributed by atoms with E-state index >= 15 is 0 Å². The van der Waals surface area contributed by atoms with Crippen molar-refractivity contribution in [3.05, 3.63) is 30.0 Å². The van der Waals surface area contributed by atoms with Crippen molar-refractivity contribution in [1.82, 2.24) is 10.1 Å². The number of aliphatic carboxylic acids is 1. The van der Waals surface area contributed by atoms with E-state index in [4.69, 9.17) is 4.52 Å². The topological polar surface area (TPSA) is 130 Å². The fourth-order valence-electron chi connectivity index (χ4n) is 4.17. The molecule has 1 amide bonds. The van der Waals surface area contributed by atoms with Crippen LogP contribution in [0.1, 0.15) is 26.5 Å². The minimum atomic E-state index is -3.33. The van der Waals surface area contributed by atoms with Gasteiger partial charge >= 0.3 is 5.97 Å². The molecule has 1 aromatic carbocycles. The molecule has 2 aliphatic heterocycles. The maximum Gasteiger partial charge on any atom is 0.327 e. The first-order valence-corrected chi connectivity index (χ1v) is 12.3. The molecule has 31 heavy (non-hydrogen) atoms. The summed E-state index contributed by atoms with van der Waals surface area (Å²) < 4.78 is 28.2. The Kier molecular flexibility index (Phi) is 4.71. The zero-order valence-electron chi connectivity index (χ0n) is 17.7.